The number of rotatable bonds is 15. The minimum Gasteiger partial charge on any atom is -0.490 e. The highest BCUT2D eigenvalue weighted by atomic mass is 16.6. The minimum absolute atomic E-state index is 0.00842. The average molecular weight is 565 g/mol. The van der Waals surface area contributed by atoms with Crippen molar-refractivity contribution in [1.29, 1.82) is 0 Å². The molecule has 7 nitrogen and oxygen atoms in total. The van der Waals surface area contributed by atoms with Crippen molar-refractivity contribution in [2.24, 2.45) is 5.92 Å². The summed E-state index contributed by atoms with van der Waals surface area (Å²) in [4.78, 5) is 23.6. The van der Waals surface area contributed by atoms with Gasteiger partial charge >= 0.3 is 11.9 Å². The Morgan fingerprint density at radius 2 is 1.32 bits per heavy atom. The molecule has 0 spiro atoms. The number of hydrogen-bond acceptors (Lipinski definition) is 7. The summed E-state index contributed by atoms with van der Waals surface area (Å²) in [6.07, 6.45) is 6.01. The van der Waals surface area contributed by atoms with Crippen LogP contribution < -0.4 is 9.47 Å². The Morgan fingerprint density at radius 1 is 0.805 bits per heavy atom. The molecule has 0 atom stereocenters. The summed E-state index contributed by atoms with van der Waals surface area (Å²) < 4.78 is 22.6. The lowest BCUT2D eigenvalue weighted by Crippen LogP contribution is -2.15. The smallest absolute Gasteiger partial charge is 0.333 e. The Balaban J connectivity index is 1.86. The van der Waals surface area contributed by atoms with Gasteiger partial charge in [0.2, 0.25) is 0 Å². The van der Waals surface area contributed by atoms with Crippen LogP contribution in [0.3, 0.4) is 0 Å². The topological polar surface area (TPSA) is 91.3 Å². The van der Waals surface area contributed by atoms with Gasteiger partial charge in [-0.2, -0.15) is 0 Å². The van der Waals surface area contributed by atoms with E-state index in [9.17, 15) is 14.7 Å². The Kier molecular flexibility index (Phi) is 12.5. The second-order valence-corrected chi connectivity index (χ2v) is 10.9. The van der Waals surface area contributed by atoms with Gasteiger partial charge in [-0.3, -0.25) is 0 Å². The molecule has 0 saturated heterocycles. The molecule has 0 heterocycles. The molecule has 222 valence electrons. The van der Waals surface area contributed by atoms with E-state index in [4.69, 9.17) is 18.9 Å². The summed E-state index contributed by atoms with van der Waals surface area (Å²) in [6, 6.07) is 12.6. The summed E-state index contributed by atoms with van der Waals surface area (Å²) in [5, 5.41) is 9.53. The van der Waals surface area contributed by atoms with Crippen LogP contribution in [0, 0.1) is 5.92 Å². The van der Waals surface area contributed by atoms with Crippen molar-refractivity contribution < 1.29 is 33.6 Å². The number of aliphatic hydroxyl groups is 1. The fraction of sp³-hybridized carbons (Fsp3) is 0.471. The highest BCUT2D eigenvalue weighted by molar-refractivity contribution is 5.87. The van der Waals surface area contributed by atoms with Crippen LogP contribution in [-0.2, 0) is 25.5 Å². The third-order valence-electron chi connectivity index (χ3n) is 7.33. The van der Waals surface area contributed by atoms with Gasteiger partial charge in [-0.25, -0.2) is 9.59 Å². The number of carbonyl (C=O) groups is 2. The predicted octanol–water partition coefficient (Wildman–Crippen LogP) is 6.57. The molecule has 1 fully saturated rings. The molecule has 1 aliphatic rings. The Morgan fingerprint density at radius 3 is 1.78 bits per heavy atom. The van der Waals surface area contributed by atoms with Crippen LogP contribution in [0.1, 0.15) is 69.9 Å². The third kappa shape index (κ3) is 9.78. The zero-order valence-electron chi connectivity index (χ0n) is 24.7. The molecule has 2 aromatic rings. The lowest BCUT2D eigenvalue weighted by atomic mass is 9.79. The first-order valence-electron chi connectivity index (χ1n) is 14.5. The maximum Gasteiger partial charge on any atom is 0.333 e. The van der Waals surface area contributed by atoms with Crippen LogP contribution in [0.2, 0.25) is 0 Å². The second kappa shape index (κ2) is 16.0. The van der Waals surface area contributed by atoms with E-state index in [0.717, 1.165) is 22.6 Å². The van der Waals surface area contributed by atoms with Crippen LogP contribution in [0.25, 0.3) is 11.1 Å². The zero-order chi connectivity index (χ0) is 29.8. The van der Waals surface area contributed by atoms with Crippen molar-refractivity contribution >= 4 is 11.9 Å². The maximum atomic E-state index is 11.8. The number of aliphatic hydroxyl groups excluding tert-OH is 1. The molecule has 1 saturated carbocycles. The fourth-order valence-corrected chi connectivity index (χ4v) is 4.91. The van der Waals surface area contributed by atoms with Gasteiger partial charge in [0.25, 0.3) is 0 Å². The van der Waals surface area contributed by atoms with Crippen LogP contribution >= 0.6 is 0 Å². The van der Waals surface area contributed by atoms with Crippen molar-refractivity contribution in [3.8, 4) is 22.6 Å². The lowest BCUT2D eigenvalue weighted by Gasteiger charge is -2.26. The second-order valence-electron chi connectivity index (χ2n) is 10.9. The molecule has 2 aromatic carbocycles. The molecule has 0 bridgehead atoms. The number of esters is 2. The summed E-state index contributed by atoms with van der Waals surface area (Å²) in [6.45, 7) is 13.1. The molecule has 1 aliphatic carbocycles. The van der Waals surface area contributed by atoms with Crippen molar-refractivity contribution in [3.05, 3.63) is 71.8 Å². The molecule has 0 amide bonds. The molecule has 0 radical (unpaired) electrons. The molecule has 41 heavy (non-hydrogen) atoms. The number of carbonyl (C=O) groups excluding carboxylic acids is 2. The van der Waals surface area contributed by atoms with Crippen LogP contribution in [-0.4, -0.2) is 50.1 Å². The number of benzene rings is 2. The molecule has 3 rings (SSSR count). The van der Waals surface area contributed by atoms with E-state index in [1.165, 1.54) is 31.2 Å². The monoisotopic (exact) mass is 564 g/mol. The van der Waals surface area contributed by atoms with Crippen molar-refractivity contribution in [1.82, 2.24) is 0 Å². The van der Waals surface area contributed by atoms with Crippen molar-refractivity contribution in [2.45, 2.75) is 65.2 Å². The molecular formula is C34H44O7. The van der Waals surface area contributed by atoms with Crippen LogP contribution in [0.5, 0.6) is 11.5 Å². The first-order valence-corrected chi connectivity index (χ1v) is 14.5. The lowest BCUT2D eigenvalue weighted by molar-refractivity contribution is -0.140. The number of ether oxygens (including phenoxy) is 4. The van der Waals surface area contributed by atoms with Gasteiger partial charge in [0, 0.05) is 23.3 Å². The van der Waals surface area contributed by atoms with Gasteiger partial charge in [0.15, 0.2) is 0 Å². The van der Waals surface area contributed by atoms with Gasteiger partial charge in [-0.15, -0.1) is 0 Å². The summed E-state index contributed by atoms with van der Waals surface area (Å²) in [7, 11) is 0. The standard InChI is InChI=1S/C34H44O7/c1-23(2)33(36)40-19-17-38-31-21-29(28-14-12-27(13-15-28)26-10-8-25(5)9-11-26)22-32(30(31)7-6-16-35)39-18-20-41-34(37)24(3)4/h12-15,21-22,25-26,35H,1,3,6-11,16-20H2,2,4-5H3. The SMILES string of the molecule is C=C(C)C(=O)OCCOc1cc(-c2ccc(C3CCC(C)CC3)cc2)cc(OCCOC(=O)C(=C)C)c1CCCO. The summed E-state index contributed by atoms with van der Waals surface area (Å²) >= 11 is 0. The summed E-state index contributed by atoms with van der Waals surface area (Å²) in [5.41, 5.74) is 4.72. The van der Waals surface area contributed by atoms with E-state index < -0.39 is 11.9 Å². The first-order chi connectivity index (χ1) is 19.7. The quantitative estimate of drug-likeness (QED) is 0.149. The fourth-order valence-electron chi connectivity index (χ4n) is 4.91. The van der Waals surface area contributed by atoms with E-state index in [0.29, 0.717) is 41.4 Å². The maximum absolute atomic E-state index is 11.8. The van der Waals surface area contributed by atoms with Crippen LogP contribution in [0.15, 0.2) is 60.7 Å². The van der Waals surface area contributed by atoms with E-state index in [1.54, 1.807) is 13.8 Å². The van der Waals surface area contributed by atoms with Crippen LogP contribution in [0.4, 0.5) is 0 Å². The number of hydrogen-bond donors (Lipinski definition) is 1. The van der Waals surface area contributed by atoms with Gasteiger partial charge in [-0.1, -0.05) is 57.2 Å². The zero-order valence-corrected chi connectivity index (χ0v) is 24.7. The molecular weight excluding hydrogens is 520 g/mol. The molecule has 0 unspecified atom stereocenters. The molecule has 0 aliphatic heterocycles. The Bertz CT molecular complexity index is 1140. The highest BCUT2D eigenvalue weighted by Crippen LogP contribution is 2.39. The minimum atomic E-state index is -0.469. The van der Waals surface area contributed by atoms with Crippen molar-refractivity contribution in [2.75, 3.05) is 33.0 Å². The molecule has 1 N–H and O–H groups in total. The molecule has 0 aromatic heterocycles. The highest BCUT2D eigenvalue weighted by Gasteiger charge is 2.20. The van der Waals surface area contributed by atoms with Crippen molar-refractivity contribution in [3.63, 3.8) is 0 Å². The van der Waals surface area contributed by atoms with Gasteiger partial charge < -0.3 is 24.1 Å². The van der Waals surface area contributed by atoms with E-state index in [1.807, 2.05) is 12.1 Å². The van der Waals surface area contributed by atoms with Gasteiger partial charge in [-0.05, 0) is 80.2 Å². The van der Waals surface area contributed by atoms with E-state index >= 15 is 0 Å². The largest absolute Gasteiger partial charge is 0.490 e. The van der Waals surface area contributed by atoms with Gasteiger partial charge in [0.05, 0.1) is 0 Å². The van der Waals surface area contributed by atoms with Gasteiger partial charge in [0.1, 0.15) is 37.9 Å². The van der Waals surface area contributed by atoms with E-state index in [2.05, 4.69) is 44.3 Å². The molecule has 7 heteroatoms. The third-order valence-corrected chi connectivity index (χ3v) is 7.33. The summed E-state index contributed by atoms with van der Waals surface area (Å²) in [5.74, 6) is 1.64. The average Bonchev–Trinajstić information content (AvgIpc) is 2.96. The Hall–Kier alpha value is -3.58. The normalized spacial score (nSPS) is 16.5. The predicted molar refractivity (Wildman–Crippen MR) is 160 cm³/mol. The Labute approximate surface area is 244 Å². The van der Waals surface area contributed by atoms with E-state index in [-0.39, 0.29) is 33.0 Å². The first kappa shape index (κ1) is 31.9.